The third kappa shape index (κ3) is 4.88. The van der Waals surface area contributed by atoms with E-state index in [-0.39, 0.29) is 16.2 Å². The van der Waals surface area contributed by atoms with E-state index >= 15 is 4.39 Å². The van der Waals surface area contributed by atoms with Gasteiger partial charge in [-0.25, -0.2) is 16.8 Å². The van der Waals surface area contributed by atoms with Crippen LogP contribution in [0.1, 0.15) is 22.3 Å². The first-order valence-electron chi connectivity index (χ1n) is 10.8. The number of hydrogen-bond donors (Lipinski definition) is 1. The quantitative estimate of drug-likeness (QED) is 0.391. The SMILES string of the molecule is CNCc1cc(-c2ccc(OCc3ccc(C)cc3C)cc2F)n(S(=O)(=O)c2cccnc2)c1. The van der Waals surface area contributed by atoms with Gasteiger partial charge >= 0.3 is 0 Å². The Morgan fingerprint density at radius 3 is 2.59 bits per heavy atom. The molecule has 34 heavy (non-hydrogen) atoms. The van der Waals surface area contributed by atoms with Crippen LogP contribution in [0.15, 0.2) is 78.1 Å². The van der Waals surface area contributed by atoms with Crippen LogP contribution in [-0.4, -0.2) is 24.4 Å². The highest BCUT2D eigenvalue weighted by atomic mass is 32.2. The Bertz CT molecular complexity index is 1420. The van der Waals surface area contributed by atoms with Crippen LogP contribution < -0.4 is 10.1 Å². The molecule has 4 rings (SSSR count). The minimum absolute atomic E-state index is 0.0247. The summed E-state index contributed by atoms with van der Waals surface area (Å²) >= 11 is 0. The summed E-state index contributed by atoms with van der Waals surface area (Å²) < 4.78 is 48.7. The zero-order chi connectivity index (χ0) is 24.3. The van der Waals surface area contributed by atoms with Gasteiger partial charge in [0.05, 0.1) is 5.69 Å². The van der Waals surface area contributed by atoms with Gasteiger partial charge in [0.25, 0.3) is 10.0 Å². The van der Waals surface area contributed by atoms with Gasteiger partial charge in [-0.2, -0.15) is 0 Å². The molecule has 1 N–H and O–H groups in total. The zero-order valence-electron chi connectivity index (χ0n) is 19.2. The van der Waals surface area contributed by atoms with Crippen molar-refractivity contribution in [2.24, 2.45) is 0 Å². The lowest BCUT2D eigenvalue weighted by atomic mass is 10.1. The highest BCUT2D eigenvalue weighted by molar-refractivity contribution is 7.90. The average molecular weight is 480 g/mol. The summed E-state index contributed by atoms with van der Waals surface area (Å²) in [4.78, 5) is 3.94. The first kappa shape index (κ1) is 23.7. The second kappa shape index (κ2) is 9.79. The molecular formula is C26H26FN3O3S. The molecule has 176 valence electrons. The predicted octanol–water partition coefficient (Wildman–Crippen LogP) is 4.84. The van der Waals surface area contributed by atoms with E-state index in [1.807, 2.05) is 26.0 Å². The lowest BCUT2D eigenvalue weighted by Gasteiger charge is -2.13. The molecular weight excluding hydrogens is 453 g/mol. The van der Waals surface area contributed by atoms with Crippen LogP contribution in [0.3, 0.4) is 0 Å². The maximum Gasteiger partial charge on any atom is 0.269 e. The van der Waals surface area contributed by atoms with Crippen LogP contribution >= 0.6 is 0 Å². The summed E-state index contributed by atoms with van der Waals surface area (Å²) in [5.41, 5.74) is 4.38. The van der Waals surface area contributed by atoms with Crippen LogP contribution in [0.5, 0.6) is 5.75 Å². The van der Waals surface area contributed by atoms with Gasteiger partial charge in [-0.1, -0.05) is 23.8 Å². The van der Waals surface area contributed by atoms with Crippen LogP contribution in [0.2, 0.25) is 0 Å². The van der Waals surface area contributed by atoms with E-state index < -0.39 is 15.8 Å². The molecule has 0 aliphatic heterocycles. The minimum atomic E-state index is -3.97. The molecule has 0 aliphatic carbocycles. The Hall–Kier alpha value is -3.49. The molecule has 0 saturated carbocycles. The molecule has 8 heteroatoms. The van der Waals surface area contributed by atoms with Crippen LogP contribution in [-0.2, 0) is 23.2 Å². The number of hydrogen-bond acceptors (Lipinski definition) is 5. The Morgan fingerprint density at radius 1 is 1.09 bits per heavy atom. The van der Waals surface area contributed by atoms with Gasteiger partial charge < -0.3 is 10.1 Å². The summed E-state index contributed by atoms with van der Waals surface area (Å²) in [7, 11) is -2.21. The molecule has 2 aromatic carbocycles. The smallest absolute Gasteiger partial charge is 0.269 e. The molecule has 2 aromatic heterocycles. The average Bonchev–Trinajstić information content (AvgIpc) is 3.24. The largest absolute Gasteiger partial charge is 0.489 e. The van der Waals surface area contributed by atoms with Crippen molar-refractivity contribution in [2.75, 3.05) is 7.05 Å². The van der Waals surface area contributed by atoms with Gasteiger partial charge in [0.1, 0.15) is 23.1 Å². The fraction of sp³-hybridized carbons (Fsp3) is 0.192. The highest BCUT2D eigenvalue weighted by Gasteiger charge is 2.23. The summed E-state index contributed by atoms with van der Waals surface area (Å²) in [6.07, 6.45) is 4.27. The first-order valence-corrected chi connectivity index (χ1v) is 12.2. The number of ether oxygens (including phenoxy) is 1. The van der Waals surface area contributed by atoms with Gasteiger partial charge in [-0.15, -0.1) is 0 Å². The fourth-order valence-electron chi connectivity index (χ4n) is 3.77. The monoisotopic (exact) mass is 479 g/mol. The fourth-order valence-corrected chi connectivity index (χ4v) is 5.12. The number of nitrogens with one attached hydrogen (secondary N) is 1. The number of benzene rings is 2. The van der Waals surface area contributed by atoms with Crippen LogP contribution in [0.25, 0.3) is 11.3 Å². The molecule has 2 heterocycles. The highest BCUT2D eigenvalue weighted by Crippen LogP contribution is 2.31. The molecule has 0 unspecified atom stereocenters. The Kier molecular flexibility index (Phi) is 6.81. The van der Waals surface area contributed by atoms with Crippen molar-refractivity contribution >= 4 is 10.0 Å². The number of pyridine rings is 1. The standard InChI is InChI=1S/C26H26FN3O3S/c1-18-6-7-21(19(2)11-18)17-33-22-8-9-24(25(27)13-22)26-12-20(14-28-3)16-30(26)34(31,32)23-5-4-10-29-15-23/h4-13,15-16,28H,14,17H2,1-3H3. The Morgan fingerprint density at radius 2 is 1.91 bits per heavy atom. The summed E-state index contributed by atoms with van der Waals surface area (Å²) in [6.45, 7) is 4.78. The molecule has 4 aromatic rings. The van der Waals surface area contributed by atoms with Crippen LogP contribution in [0, 0.1) is 19.7 Å². The van der Waals surface area contributed by atoms with E-state index in [0.717, 1.165) is 15.1 Å². The zero-order valence-corrected chi connectivity index (χ0v) is 20.1. The molecule has 0 amide bonds. The second-order valence-electron chi connectivity index (χ2n) is 8.11. The van der Waals surface area contributed by atoms with Crippen molar-refractivity contribution in [2.45, 2.75) is 31.9 Å². The van der Waals surface area contributed by atoms with Crippen molar-refractivity contribution in [3.63, 3.8) is 0 Å². The predicted molar refractivity (Wildman–Crippen MR) is 130 cm³/mol. The molecule has 0 fully saturated rings. The molecule has 6 nitrogen and oxygen atoms in total. The third-order valence-corrected chi connectivity index (χ3v) is 7.18. The maximum atomic E-state index is 15.2. The van der Waals surface area contributed by atoms with Crippen molar-refractivity contribution in [3.05, 3.63) is 101 Å². The van der Waals surface area contributed by atoms with E-state index in [1.165, 1.54) is 36.3 Å². The van der Waals surface area contributed by atoms with Crippen LogP contribution in [0.4, 0.5) is 4.39 Å². The van der Waals surface area contributed by atoms with Crippen molar-refractivity contribution < 1.29 is 17.5 Å². The molecule has 0 atom stereocenters. The van der Waals surface area contributed by atoms with Crippen molar-refractivity contribution in [3.8, 4) is 17.0 Å². The number of rotatable bonds is 8. The van der Waals surface area contributed by atoms with E-state index in [0.29, 0.717) is 24.5 Å². The number of nitrogens with zero attached hydrogens (tertiary/aromatic N) is 2. The lowest BCUT2D eigenvalue weighted by molar-refractivity contribution is 0.304. The van der Waals surface area contributed by atoms with Gasteiger partial charge in [-0.3, -0.25) is 4.98 Å². The first-order chi connectivity index (χ1) is 16.3. The Labute approximate surface area is 199 Å². The molecule has 0 aliphatic rings. The maximum absolute atomic E-state index is 15.2. The summed E-state index contributed by atoms with van der Waals surface area (Å²) in [5, 5.41) is 3.00. The van der Waals surface area contributed by atoms with Crippen molar-refractivity contribution in [1.29, 1.82) is 0 Å². The number of aromatic nitrogens is 2. The third-order valence-electron chi connectivity index (χ3n) is 5.52. The summed E-state index contributed by atoms with van der Waals surface area (Å²) in [5.74, 6) is -0.209. The molecule has 0 spiro atoms. The molecule has 0 radical (unpaired) electrons. The van der Waals surface area contributed by atoms with Gasteiger partial charge in [-0.05, 0) is 67.9 Å². The topological polar surface area (TPSA) is 73.2 Å². The van der Waals surface area contributed by atoms with E-state index in [1.54, 1.807) is 31.3 Å². The van der Waals surface area contributed by atoms with E-state index in [4.69, 9.17) is 4.74 Å². The lowest BCUT2D eigenvalue weighted by Crippen LogP contribution is -2.14. The normalized spacial score (nSPS) is 11.5. The van der Waals surface area contributed by atoms with Gasteiger partial charge in [0, 0.05) is 36.8 Å². The summed E-state index contributed by atoms with van der Waals surface area (Å²) in [6, 6.07) is 15.2. The van der Waals surface area contributed by atoms with E-state index in [2.05, 4.69) is 16.4 Å². The Balaban J connectivity index is 1.67. The van der Waals surface area contributed by atoms with Gasteiger partial charge in [0.15, 0.2) is 0 Å². The minimum Gasteiger partial charge on any atom is -0.489 e. The molecule has 0 bridgehead atoms. The van der Waals surface area contributed by atoms with Crippen molar-refractivity contribution in [1.82, 2.24) is 14.3 Å². The second-order valence-corrected chi connectivity index (χ2v) is 9.93. The van der Waals surface area contributed by atoms with E-state index in [9.17, 15) is 8.42 Å². The van der Waals surface area contributed by atoms with Gasteiger partial charge in [0.2, 0.25) is 0 Å². The molecule has 0 saturated heterocycles. The number of aryl methyl sites for hydroxylation is 2. The number of halogens is 1.